The summed E-state index contributed by atoms with van der Waals surface area (Å²) in [5.74, 6) is 0.480. The maximum absolute atomic E-state index is 12.4. The highest BCUT2D eigenvalue weighted by molar-refractivity contribution is 6.31. The van der Waals surface area contributed by atoms with Crippen LogP contribution in [0.4, 0.5) is 0 Å². The number of ether oxygens (including phenoxy) is 1. The third-order valence-electron chi connectivity index (χ3n) is 3.14. The smallest absolute Gasteiger partial charge is 0.257 e. The monoisotopic (exact) mass is 304 g/mol. The van der Waals surface area contributed by atoms with Crippen LogP contribution in [0.3, 0.4) is 0 Å². The van der Waals surface area contributed by atoms with Gasteiger partial charge in [0.1, 0.15) is 5.75 Å². The summed E-state index contributed by atoms with van der Waals surface area (Å²) in [6, 6.07) is 5.12. The van der Waals surface area contributed by atoms with E-state index in [1.54, 1.807) is 30.2 Å². The molecule has 0 spiro atoms. The Kier molecular flexibility index (Phi) is 5.91. The van der Waals surface area contributed by atoms with Crippen LogP contribution in [0.25, 0.3) is 0 Å². The van der Waals surface area contributed by atoms with Gasteiger partial charge in [0, 0.05) is 24.2 Å². The summed E-state index contributed by atoms with van der Waals surface area (Å²) >= 11 is 5.93. The van der Waals surface area contributed by atoms with Crippen LogP contribution in [-0.2, 0) is 0 Å². The average molecular weight is 305 g/mol. The number of nitrogens with zero attached hydrogens (tertiary/aromatic N) is 1. The van der Waals surface area contributed by atoms with Crippen LogP contribution >= 0.6 is 24.0 Å². The van der Waals surface area contributed by atoms with E-state index in [1.165, 1.54) is 0 Å². The second-order valence-electron chi connectivity index (χ2n) is 4.50. The third kappa shape index (κ3) is 3.75. The Balaban J connectivity index is 0.00000180. The van der Waals surface area contributed by atoms with E-state index < -0.39 is 0 Å². The van der Waals surface area contributed by atoms with Gasteiger partial charge in [0.25, 0.3) is 5.91 Å². The first-order chi connectivity index (χ1) is 8.61. The number of carbonyl (C=O) groups excluding carboxylic acids is 1. The van der Waals surface area contributed by atoms with Crippen molar-refractivity contribution < 1.29 is 9.53 Å². The average Bonchev–Trinajstić information content (AvgIpc) is 2.38. The van der Waals surface area contributed by atoms with Crippen LogP contribution in [0, 0.1) is 0 Å². The van der Waals surface area contributed by atoms with Crippen molar-refractivity contribution in [3.8, 4) is 5.75 Å². The molecule has 19 heavy (non-hydrogen) atoms. The molecular formula is C13H18Cl2N2O2. The van der Waals surface area contributed by atoms with Crippen LogP contribution in [-0.4, -0.2) is 37.0 Å². The first-order valence-corrected chi connectivity index (χ1v) is 6.38. The fraction of sp³-hybridized carbons (Fsp3) is 0.462. The lowest BCUT2D eigenvalue weighted by atomic mass is 10.0. The second kappa shape index (κ2) is 6.98. The van der Waals surface area contributed by atoms with Crippen molar-refractivity contribution in [3.63, 3.8) is 0 Å². The van der Waals surface area contributed by atoms with Crippen molar-refractivity contribution in [2.24, 2.45) is 5.73 Å². The standard InChI is InChI=1S/C13H17ClN2O2.ClH/c1-18-12-5-4-9(14)7-11(12)13(17)16-6-2-3-10(15)8-16;/h4-5,7,10H,2-3,6,8,15H2,1H3;1H. The number of nitrogens with two attached hydrogens (primary N) is 1. The van der Waals surface area contributed by atoms with Gasteiger partial charge in [-0.2, -0.15) is 0 Å². The van der Waals surface area contributed by atoms with Crippen molar-refractivity contribution in [1.82, 2.24) is 4.90 Å². The van der Waals surface area contributed by atoms with Crippen molar-refractivity contribution in [3.05, 3.63) is 28.8 Å². The van der Waals surface area contributed by atoms with Gasteiger partial charge in [-0.3, -0.25) is 4.79 Å². The van der Waals surface area contributed by atoms with E-state index in [2.05, 4.69) is 0 Å². The molecular weight excluding hydrogens is 287 g/mol. The Morgan fingerprint density at radius 1 is 1.53 bits per heavy atom. The minimum Gasteiger partial charge on any atom is -0.496 e. The molecule has 4 nitrogen and oxygen atoms in total. The molecule has 1 aromatic rings. The highest BCUT2D eigenvalue weighted by atomic mass is 35.5. The highest BCUT2D eigenvalue weighted by Gasteiger charge is 2.24. The molecule has 6 heteroatoms. The van der Waals surface area contributed by atoms with Gasteiger partial charge >= 0.3 is 0 Å². The number of methoxy groups -OCH3 is 1. The van der Waals surface area contributed by atoms with Crippen molar-refractivity contribution in [1.29, 1.82) is 0 Å². The summed E-state index contributed by atoms with van der Waals surface area (Å²) in [5, 5.41) is 0.528. The molecule has 2 N–H and O–H groups in total. The maximum Gasteiger partial charge on any atom is 0.257 e. The Morgan fingerprint density at radius 3 is 2.89 bits per heavy atom. The highest BCUT2D eigenvalue weighted by Crippen LogP contribution is 2.25. The quantitative estimate of drug-likeness (QED) is 0.912. The normalized spacial score (nSPS) is 18.7. The molecule has 1 atom stereocenters. The van der Waals surface area contributed by atoms with E-state index in [0.29, 0.717) is 22.9 Å². The van der Waals surface area contributed by atoms with E-state index in [9.17, 15) is 4.79 Å². The lowest BCUT2D eigenvalue weighted by Gasteiger charge is -2.31. The second-order valence-corrected chi connectivity index (χ2v) is 4.93. The molecule has 1 heterocycles. The van der Waals surface area contributed by atoms with Crippen LogP contribution in [0.2, 0.25) is 5.02 Å². The van der Waals surface area contributed by atoms with Crippen molar-refractivity contribution in [2.45, 2.75) is 18.9 Å². The minimum atomic E-state index is -0.0653. The predicted octanol–water partition coefficient (Wildman–Crippen LogP) is 2.33. The Morgan fingerprint density at radius 2 is 2.26 bits per heavy atom. The number of carbonyl (C=O) groups is 1. The summed E-state index contributed by atoms with van der Waals surface area (Å²) in [6.07, 6.45) is 1.91. The fourth-order valence-corrected chi connectivity index (χ4v) is 2.38. The minimum absolute atomic E-state index is 0. The number of amides is 1. The van der Waals surface area contributed by atoms with E-state index >= 15 is 0 Å². The van der Waals surface area contributed by atoms with E-state index in [-0.39, 0.29) is 24.4 Å². The molecule has 2 rings (SSSR count). The van der Waals surface area contributed by atoms with Gasteiger partial charge in [0.15, 0.2) is 0 Å². The number of hydrogen-bond donors (Lipinski definition) is 1. The van der Waals surface area contributed by atoms with Gasteiger partial charge in [0.05, 0.1) is 12.7 Å². The van der Waals surface area contributed by atoms with Crippen LogP contribution < -0.4 is 10.5 Å². The summed E-state index contributed by atoms with van der Waals surface area (Å²) in [7, 11) is 1.54. The molecule has 0 bridgehead atoms. The van der Waals surface area contributed by atoms with Crippen molar-refractivity contribution in [2.75, 3.05) is 20.2 Å². The van der Waals surface area contributed by atoms with E-state index in [1.807, 2.05) is 0 Å². The van der Waals surface area contributed by atoms with Gasteiger partial charge in [-0.1, -0.05) is 11.6 Å². The SMILES string of the molecule is COc1ccc(Cl)cc1C(=O)N1CCCC(N)C1.Cl. The van der Waals surface area contributed by atoms with Gasteiger partial charge in [0.2, 0.25) is 0 Å². The molecule has 1 amide bonds. The van der Waals surface area contributed by atoms with E-state index in [4.69, 9.17) is 22.1 Å². The zero-order chi connectivity index (χ0) is 13.1. The molecule has 106 valence electrons. The number of likely N-dealkylation sites (tertiary alicyclic amines) is 1. The van der Waals surface area contributed by atoms with Gasteiger partial charge in [-0.05, 0) is 31.0 Å². The summed E-state index contributed by atoms with van der Waals surface area (Å²) in [5.41, 5.74) is 6.39. The first-order valence-electron chi connectivity index (χ1n) is 6.00. The summed E-state index contributed by atoms with van der Waals surface area (Å²) < 4.78 is 5.20. The zero-order valence-electron chi connectivity index (χ0n) is 10.8. The van der Waals surface area contributed by atoms with Gasteiger partial charge in [-0.15, -0.1) is 12.4 Å². The molecule has 0 aliphatic carbocycles. The Hall–Kier alpha value is -0.970. The molecule has 1 unspecified atom stereocenters. The Labute approximate surface area is 124 Å². The molecule has 0 radical (unpaired) electrons. The number of halogens is 2. The van der Waals surface area contributed by atoms with Crippen molar-refractivity contribution >= 4 is 29.9 Å². The first kappa shape index (κ1) is 16.1. The van der Waals surface area contributed by atoms with Crippen LogP contribution in [0.1, 0.15) is 23.2 Å². The summed E-state index contributed by atoms with van der Waals surface area (Å²) in [6.45, 7) is 1.33. The molecule has 0 saturated carbocycles. The number of hydrogen-bond acceptors (Lipinski definition) is 3. The predicted molar refractivity (Wildman–Crippen MR) is 78.4 cm³/mol. The van der Waals surface area contributed by atoms with Gasteiger partial charge < -0.3 is 15.4 Å². The van der Waals surface area contributed by atoms with E-state index in [0.717, 1.165) is 19.4 Å². The third-order valence-corrected chi connectivity index (χ3v) is 3.37. The fourth-order valence-electron chi connectivity index (χ4n) is 2.21. The number of rotatable bonds is 2. The lowest BCUT2D eigenvalue weighted by Crippen LogP contribution is -2.45. The molecule has 1 fully saturated rings. The number of benzene rings is 1. The zero-order valence-corrected chi connectivity index (χ0v) is 12.3. The van der Waals surface area contributed by atoms with Crippen LogP contribution in [0.15, 0.2) is 18.2 Å². The molecule has 0 aromatic heterocycles. The molecule has 1 aromatic carbocycles. The largest absolute Gasteiger partial charge is 0.496 e. The summed E-state index contributed by atoms with van der Waals surface area (Å²) in [4.78, 5) is 14.2. The molecule has 1 saturated heterocycles. The van der Waals surface area contributed by atoms with Crippen LogP contribution in [0.5, 0.6) is 5.75 Å². The molecule has 1 aliphatic heterocycles. The lowest BCUT2D eigenvalue weighted by molar-refractivity contribution is 0.0705. The Bertz CT molecular complexity index is 454. The molecule has 1 aliphatic rings. The topological polar surface area (TPSA) is 55.6 Å². The maximum atomic E-state index is 12.4. The number of piperidine rings is 1. The van der Waals surface area contributed by atoms with Gasteiger partial charge in [-0.25, -0.2) is 0 Å².